The van der Waals surface area contributed by atoms with Crippen molar-refractivity contribution in [2.24, 2.45) is 0 Å². The standard InChI is InChI=1S/C8H10I2N2S/c9-7-5-13-8(11-7)6-1-3-12(10)4-2-6/h5-6H,1-4H2. The third kappa shape index (κ3) is 2.75. The molecule has 1 aliphatic rings. The molecule has 1 aromatic rings. The second kappa shape index (κ2) is 4.71. The van der Waals surface area contributed by atoms with Crippen LogP contribution >= 0.6 is 56.8 Å². The number of nitrogens with zero attached hydrogens (tertiary/aromatic N) is 2. The number of rotatable bonds is 1. The molecule has 0 saturated carbocycles. The minimum absolute atomic E-state index is 0.722. The van der Waals surface area contributed by atoms with Gasteiger partial charge in [-0.3, -0.25) is 0 Å². The van der Waals surface area contributed by atoms with Crippen LogP contribution < -0.4 is 0 Å². The normalized spacial score (nSPS) is 20.8. The van der Waals surface area contributed by atoms with Crippen molar-refractivity contribution < 1.29 is 0 Å². The predicted molar refractivity (Wildman–Crippen MR) is 72.4 cm³/mol. The highest BCUT2D eigenvalue weighted by atomic mass is 127. The van der Waals surface area contributed by atoms with Gasteiger partial charge in [0.15, 0.2) is 0 Å². The van der Waals surface area contributed by atoms with Gasteiger partial charge < -0.3 is 0 Å². The Kier molecular flexibility index (Phi) is 3.83. The predicted octanol–water partition coefficient (Wildman–Crippen LogP) is 3.28. The summed E-state index contributed by atoms with van der Waals surface area (Å²) in [6.45, 7) is 2.42. The van der Waals surface area contributed by atoms with Crippen molar-refractivity contribution in [3.63, 3.8) is 0 Å². The summed E-state index contributed by atoms with van der Waals surface area (Å²) < 4.78 is 3.52. The first-order valence-electron chi connectivity index (χ1n) is 4.27. The average Bonchev–Trinajstić information content (AvgIpc) is 2.53. The summed E-state index contributed by atoms with van der Waals surface area (Å²) in [5.41, 5.74) is 0. The molecule has 1 aliphatic heterocycles. The van der Waals surface area contributed by atoms with E-state index in [0.717, 1.165) is 9.62 Å². The van der Waals surface area contributed by atoms with Gasteiger partial charge in [-0.05, 0) is 35.4 Å². The second-order valence-electron chi connectivity index (χ2n) is 3.19. The van der Waals surface area contributed by atoms with Crippen LogP contribution in [0.1, 0.15) is 23.8 Å². The molecule has 1 aromatic heterocycles. The molecule has 1 saturated heterocycles. The molecule has 0 aliphatic carbocycles. The van der Waals surface area contributed by atoms with Gasteiger partial charge in [-0.15, -0.1) is 11.3 Å². The fourth-order valence-corrected chi connectivity index (χ4v) is 3.76. The minimum Gasteiger partial charge on any atom is -0.248 e. The lowest BCUT2D eigenvalue weighted by atomic mass is 9.99. The Bertz CT molecular complexity index is 281. The van der Waals surface area contributed by atoms with Gasteiger partial charge >= 0.3 is 0 Å². The Balaban J connectivity index is 2.02. The number of thiazole rings is 1. The first-order chi connectivity index (χ1) is 6.25. The fraction of sp³-hybridized carbons (Fsp3) is 0.625. The summed E-state index contributed by atoms with van der Waals surface area (Å²) in [6.07, 6.45) is 2.54. The number of aromatic nitrogens is 1. The van der Waals surface area contributed by atoms with Gasteiger partial charge in [0.05, 0.1) is 5.01 Å². The van der Waals surface area contributed by atoms with E-state index in [9.17, 15) is 0 Å². The maximum Gasteiger partial charge on any atom is 0.112 e. The Hall–Kier alpha value is 1.05. The molecular weight excluding hydrogens is 410 g/mol. The zero-order valence-electron chi connectivity index (χ0n) is 7.04. The van der Waals surface area contributed by atoms with Crippen molar-refractivity contribution in [1.29, 1.82) is 0 Å². The number of halogens is 2. The number of hydrogen-bond acceptors (Lipinski definition) is 3. The monoisotopic (exact) mass is 420 g/mol. The van der Waals surface area contributed by atoms with E-state index in [1.807, 2.05) is 11.3 Å². The van der Waals surface area contributed by atoms with Gasteiger partial charge in [-0.25, -0.2) is 8.10 Å². The summed E-state index contributed by atoms with van der Waals surface area (Å²) in [5, 5.41) is 3.49. The van der Waals surface area contributed by atoms with Gasteiger partial charge in [0.1, 0.15) is 3.70 Å². The zero-order chi connectivity index (χ0) is 9.26. The van der Waals surface area contributed by atoms with E-state index in [4.69, 9.17) is 0 Å². The molecule has 2 heterocycles. The van der Waals surface area contributed by atoms with E-state index in [-0.39, 0.29) is 0 Å². The molecule has 13 heavy (non-hydrogen) atoms. The molecule has 0 unspecified atom stereocenters. The first-order valence-corrected chi connectivity index (χ1v) is 7.19. The molecule has 0 amide bonds. The van der Waals surface area contributed by atoms with Crippen LogP contribution in [0.3, 0.4) is 0 Å². The Morgan fingerprint density at radius 2 is 2.15 bits per heavy atom. The summed E-state index contributed by atoms with van der Waals surface area (Å²) in [4.78, 5) is 4.54. The maximum absolute atomic E-state index is 4.54. The summed E-state index contributed by atoms with van der Waals surface area (Å²) in [6, 6.07) is 0. The third-order valence-electron chi connectivity index (χ3n) is 2.28. The Morgan fingerprint density at radius 1 is 1.46 bits per heavy atom. The van der Waals surface area contributed by atoms with E-state index in [1.54, 1.807) is 0 Å². The SMILES string of the molecule is Ic1csc(C2CCN(I)CC2)n1. The Morgan fingerprint density at radius 3 is 2.69 bits per heavy atom. The molecule has 2 nitrogen and oxygen atoms in total. The van der Waals surface area contributed by atoms with Crippen molar-refractivity contribution in [1.82, 2.24) is 8.10 Å². The van der Waals surface area contributed by atoms with Crippen LogP contribution in [0.15, 0.2) is 5.38 Å². The first kappa shape index (κ1) is 10.6. The maximum atomic E-state index is 4.54. The van der Waals surface area contributed by atoms with Crippen LogP contribution in [0.5, 0.6) is 0 Å². The van der Waals surface area contributed by atoms with Gasteiger partial charge in [0.2, 0.25) is 0 Å². The van der Waals surface area contributed by atoms with Crippen molar-refractivity contribution in [3.05, 3.63) is 14.1 Å². The van der Waals surface area contributed by atoms with Gasteiger partial charge in [-0.1, -0.05) is 0 Å². The number of hydrogen-bond donors (Lipinski definition) is 0. The molecule has 0 atom stereocenters. The van der Waals surface area contributed by atoms with Crippen LogP contribution in [-0.4, -0.2) is 21.2 Å². The van der Waals surface area contributed by atoms with E-state index in [1.165, 1.54) is 30.9 Å². The van der Waals surface area contributed by atoms with Crippen LogP contribution in [0.4, 0.5) is 0 Å². The smallest absolute Gasteiger partial charge is 0.112 e. The third-order valence-corrected chi connectivity index (χ3v) is 5.23. The molecule has 1 fully saturated rings. The van der Waals surface area contributed by atoms with E-state index in [0.29, 0.717) is 0 Å². The molecule has 0 bridgehead atoms. The summed E-state index contributed by atoms with van der Waals surface area (Å²) in [7, 11) is 0. The molecule has 5 heteroatoms. The molecule has 0 N–H and O–H groups in total. The molecule has 0 aromatic carbocycles. The van der Waals surface area contributed by atoms with Crippen molar-refractivity contribution in [2.75, 3.05) is 13.1 Å². The van der Waals surface area contributed by atoms with Crippen LogP contribution in [0.25, 0.3) is 0 Å². The lowest BCUT2D eigenvalue weighted by molar-refractivity contribution is 0.368. The molecule has 0 spiro atoms. The fourth-order valence-electron chi connectivity index (χ4n) is 1.55. The number of piperidine rings is 1. The molecular formula is C8H10I2N2S. The topological polar surface area (TPSA) is 16.1 Å². The average molecular weight is 420 g/mol. The lowest BCUT2D eigenvalue weighted by Gasteiger charge is -2.25. The van der Waals surface area contributed by atoms with Crippen LogP contribution in [0, 0.1) is 3.70 Å². The highest BCUT2D eigenvalue weighted by molar-refractivity contribution is 14.1. The second-order valence-corrected chi connectivity index (χ2v) is 6.55. The van der Waals surface area contributed by atoms with E-state index < -0.39 is 0 Å². The lowest BCUT2D eigenvalue weighted by Crippen LogP contribution is -2.24. The van der Waals surface area contributed by atoms with Crippen LogP contribution in [0.2, 0.25) is 0 Å². The van der Waals surface area contributed by atoms with Crippen LogP contribution in [-0.2, 0) is 0 Å². The highest BCUT2D eigenvalue weighted by Gasteiger charge is 2.21. The zero-order valence-corrected chi connectivity index (χ0v) is 12.2. The van der Waals surface area contributed by atoms with E-state index in [2.05, 4.69) is 58.9 Å². The minimum atomic E-state index is 0.722. The van der Waals surface area contributed by atoms with Gasteiger partial charge in [0.25, 0.3) is 0 Å². The molecule has 2 rings (SSSR count). The van der Waals surface area contributed by atoms with Gasteiger partial charge in [0, 0.05) is 47.3 Å². The van der Waals surface area contributed by atoms with Crippen molar-refractivity contribution in [2.45, 2.75) is 18.8 Å². The summed E-state index contributed by atoms with van der Waals surface area (Å²) >= 11 is 6.51. The van der Waals surface area contributed by atoms with E-state index >= 15 is 0 Å². The molecule has 0 radical (unpaired) electrons. The van der Waals surface area contributed by atoms with Crippen molar-refractivity contribution in [3.8, 4) is 0 Å². The molecule has 72 valence electrons. The quantitative estimate of drug-likeness (QED) is 0.513. The summed E-state index contributed by atoms with van der Waals surface area (Å²) in [5.74, 6) is 0.722. The largest absolute Gasteiger partial charge is 0.248 e. The highest BCUT2D eigenvalue weighted by Crippen LogP contribution is 2.31. The van der Waals surface area contributed by atoms with Crippen molar-refractivity contribution >= 4 is 56.8 Å². The Labute approximate surface area is 110 Å². The van der Waals surface area contributed by atoms with Gasteiger partial charge in [-0.2, -0.15) is 0 Å².